The highest BCUT2D eigenvalue weighted by Gasteiger charge is 2.28. The summed E-state index contributed by atoms with van der Waals surface area (Å²) in [6.45, 7) is 7.82. The van der Waals surface area contributed by atoms with Crippen molar-refractivity contribution in [2.24, 2.45) is 0 Å². The summed E-state index contributed by atoms with van der Waals surface area (Å²) in [5.41, 5.74) is 0.998. The molecule has 0 spiro atoms. The molecule has 2 N–H and O–H groups in total. The van der Waals surface area contributed by atoms with Gasteiger partial charge in [-0.15, -0.1) is 10.2 Å². The number of ether oxygens (including phenoxy) is 1. The molecule has 0 saturated heterocycles. The van der Waals surface area contributed by atoms with Crippen LogP contribution in [0.15, 0.2) is 36.4 Å². The summed E-state index contributed by atoms with van der Waals surface area (Å²) in [6, 6.07) is 10.9. The summed E-state index contributed by atoms with van der Waals surface area (Å²) in [5.74, 6) is 7.17. The van der Waals surface area contributed by atoms with E-state index in [2.05, 4.69) is 32.2 Å². The second-order valence-electron chi connectivity index (χ2n) is 7.55. The van der Waals surface area contributed by atoms with Gasteiger partial charge in [-0.25, -0.2) is 4.85 Å². The second kappa shape index (κ2) is 8.81. The zero-order chi connectivity index (χ0) is 21.8. The number of nitrogens with zero attached hydrogens (tertiary/aromatic N) is 3. The number of anilines is 1. The lowest BCUT2D eigenvalue weighted by Crippen LogP contribution is -2.20. The smallest absolute Gasteiger partial charge is 0.188 e. The largest absolute Gasteiger partial charge is 0.495 e. The highest BCUT2D eigenvalue weighted by Crippen LogP contribution is 2.31. The van der Waals surface area contributed by atoms with Crippen LogP contribution in [0, 0.1) is 18.4 Å². The highest BCUT2D eigenvalue weighted by molar-refractivity contribution is 6.32. The molecule has 0 aliphatic heterocycles. The molecule has 1 aromatic heterocycles. The molecule has 1 fully saturated rings. The molecule has 1 heterocycles. The van der Waals surface area contributed by atoms with E-state index in [4.69, 9.17) is 22.9 Å². The van der Waals surface area contributed by atoms with Crippen LogP contribution in [0.3, 0.4) is 0 Å². The Kier molecular flexibility index (Phi) is 5.95. The second-order valence-corrected chi connectivity index (χ2v) is 7.96. The fourth-order valence-electron chi connectivity index (χ4n) is 3.70. The Bertz CT molecular complexity index is 1230. The van der Waals surface area contributed by atoms with Crippen LogP contribution in [-0.4, -0.2) is 28.0 Å². The van der Waals surface area contributed by atoms with Crippen LogP contribution in [-0.2, 0) is 6.54 Å². The fourth-order valence-corrected chi connectivity index (χ4v) is 3.98. The molecule has 0 radical (unpaired) electrons. The Hall–Kier alpha value is -3.32. The van der Waals surface area contributed by atoms with Crippen molar-refractivity contribution in [3.8, 4) is 17.6 Å². The molecule has 0 amide bonds. The number of hydrogen-bond acceptors (Lipinski definition) is 5. The van der Waals surface area contributed by atoms with Crippen LogP contribution in [0.2, 0.25) is 5.02 Å². The van der Waals surface area contributed by atoms with Gasteiger partial charge in [0.25, 0.3) is 0 Å². The Morgan fingerprint density at radius 3 is 2.71 bits per heavy atom. The van der Waals surface area contributed by atoms with Crippen molar-refractivity contribution in [3.63, 3.8) is 0 Å². The molecule has 3 aromatic rings. The first-order chi connectivity index (χ1) is 15.0. The minimum absolute atomic E-state index is 0.473. The molecule has 6 nitrogen and oxygen atoms in total. The normalized spacial score (nSPS) is 14.5. The predicted octanol–water partition coefficient (Wildman–Crippen LogP) is 5.11. The third kappa shape index (κ3) is 4.56. The number of halogens is 1. The number of fused-ring (bicyclic) bond motifs is 1. The molecule has 1 aliphatic rings. The van der Waals surface area contributed by atoms with Gasteiger partial charge >= 0.3 is 0 Å². The third-order valence-electron chi connectivity index (χ3n) is 5.41. The maximum absolute atomic E-state index is 10.5. The number of aromatic nitrogens is 2. The number of methoxy groups -OCH3 is 1. The summed E-state index contributed by atoms with van der Waals surface area (Å²) in [4.78, 5) is 3.53. The maximum Gasteiger partial charge on any atom is 0.188 e. The summed E-state index contributed by atoms with van der Waals surface area (Å²) < 4.78 is 5.19. The van der Waals surface area contributed by atoms with Crippen LogP contribution in [0.4, 0.5) is 11.5 Å². The predicted molar refractivity (Wildman–Crippen MR) is 121 cm³/mol. The minimum Gasteiger partial charge on any atom is -0.495 e. The van der Waals surface area contributed by atoms with Gasteiger partial charge in [-0.05, 0) is 55.4 Å². The van der Waals surface area contributed by atoms with E-state index in [0.29, 0.717) is 47.4 Å². The van der Waals surface area contributed by atoms with Gasteiger partial charge in [0, 0.05) is 17.3 Å². The molecule has 4 rings (SSSR count). The van der Waals surface area contributed by atoms with E-state index in [-0.39, 0.29) is 0 Å². The van der Waals surface area contributed by atoms with E-state index < -0.39 is 5.60 Å². The van der Waals surface area contributed by atoms with Gasteiger partial charge < -0.3 is 15.2 Å². The van der Waals surface area contributed by atoms with Gasteiger partial charge in [0.05, 0.1) is 18.7 Å². The first kappa shape index (κ1) is 20.9. The minimum atomic E-state index is -0.949. The Morgan fingerprint density at radius 2 is 2.00 bits per heavy atom. The Balaban J connectivity index is 1.67. The molecular weight excluding hydrogens is 412 g/mol. The zero-order valence-corrected chi connectivity index (χ0v) is 17.8. The molecule has 156 valence electrons. The molecule has 1 aliphatic carbocycles. The summed E-state index contributed by atoms with van der Waals surface area (Å²) in [5, 5.41) is 24.5. The van der Waals surface area contributed by atoms with Gasteiger partial charge in [-0.1, -0.05) is 35.7 Å². The fraction of sp³-hybridized carbons (Fsp3) is 0.292. The van der Waals surface area contributed by atoms with Gasteiger partial charge in [0.1, 0.15) is 17.0 Å². The maximum atomic E-state index is 10.5. The van der Waals surface area contributed by atoms with Crippen molar-refractivity contribution in [3.05, 3.63) is 64.1 Å². The number of rotatable bonds is 4. The highest BCUT2D eigenvalue weighted by atomic mass is 35.5. The van der Waals surface area contributed by atoms with E-state index in [9.17, 15) is 5.11 Å². The van der Waals surface area contributed by atoms with E-state index in [1.165, 1.54) is 0 Å². The van der Waals surface area contributed by atoms with E-state index in [0.717, 1.165) is 29.2 Å². The lowest BCUT2D eigenvalue weighted by Gasteiger charge is -2.13. The first-order valence-corrected chi connectivity index (χ1v) is 10.4. The average Bonchev–Trinajstić information content (AvgIpc) is 3.22. The molecule has 2 aromatic carbocycles. The van der Waals surface area contributed by atoms with Gasteiger partial charge in [-0.2, -0.15) is 0 Å². The van der Waals surface area contributed by atoms with Crippen LogP contribution in [0.1, 0.15) is 36.9 Å². The third-order valence-corrected chi connectivity index (χ3v) is 5.71. The Morgan fingerprint density at radius 1 is 1.19 bits per heavy atom. The monoisotopic (exact) mass is 432 g/mol. The van der Waals surface area contributed by atoms with Gasteiger partial charge in [-0.3, -0.25) is 0 Å². The van der Waals surface area contributed by atoms with Crippen molar-refractivity contribution in [1.82, 2.24) is 10.2 Å². The van der Waals surface area contributed by atoms with Crippen molar-refractivity contribution in [1.29, 1.82) is 0 Å². The van der Waals surface area contributed by atoms with E-state index >= 15 is 0 Å². The summed E-state index contributed by atoms with van der Waals surface area (Å²) in [6.07, 6.45) is 3.31. The van der Waals surface area contributed by atoms with Gasteiger partial charge in [0.15, 0.2) is 11.5 Å². The van der Waals surface area contributed by atoms with Crippen molar-refractivity contribution in [2.75, 3.05) is 12.4 Å². The van der Waals surface area contributed by atoms with Crippen LogP contribution >= 0.6 is 11.6 Å². The molecule has 7 heteroatoms. The molecule has 31 heavy (non-hydrogen) atoms. The van der Waals surface area contributed by atoms with Crippen LogP contribution < -0.4 is 10.1 Å². The topological polar surface area (TPSA) is 71.6 Å². The van der Waals surface area contributed by atoms with Crippen molar-refractivity contribution in [2.45, 2.75) is 37.8 Å². The number of hydrogen-bond donors (Lipinski definition) is 2. The molecule has 0 atom stereocenters. The lowest BCUT2D eigenvalue weighted by molar-refractivity contribution is 0.110. The molecule has 0 bridgehead atoms. The van der Waals surface area contributed by atoms with Crippen molar-refractivity contribution < 1.29 is 9.84 Å². The van der Waals surface area contributed by atoms with Crippen LogP contribution in [0.5, 0.6) is 5.75 Å². The number of benzene rings is 2. The quantitative estimate of drug-likeness (QED) is 0.442. The molecule has 0 unspecified atom stereocenters. The summed E-state index contributed by atoms with van der Waals surface area (Å²) in [7, 11) is 1.57. The average molecular weight is 433 g/mol. The standard InChI is InChI=1S/C24H21ClN4O2/c1-26-17-6-7-18-19(14-17)23(27-15-16-5-8-22(31-2)20(25)13-16)29-28-21(18)9-12-24(30)10-3-4-11-24/h5-8,13-14,30H,3-4,10-11,15H2,2H3,(H,27,29). The lowest BCUT2D eigenvalue weighted by atomic mass is 10.0. The number of aliphatic hydroxyl groups is 1. The zero-order valence-electron chi connectivity index (χ0n) is 17.1. The SMILES string of the molecule is [C-]#[N+]c1ccc2c(C#CC3(O)CCCC3)nnc(NCc3ccc(OC)c(Cl)c3)c2c1. The Labute approximate surface area is 186 Å². The number of nitrogens with one attached hydrogen (secondary N) is 1. The summed E-state index contributed by atoms with van der Waals surface area (Å²) >= 11 is 6.22. The molecular formula is C24H21ClN4O2. The van der Waals surface area contributed by atoms with E-state index in [1.807, 2.05) is 24.3 Å². The first-order valence-electron chi connectivity index (χ1n) is 10.0. The molecule has 1 saturated carbocycles. The van der Waals surface area contributed by atoms with Crippen LogP contribution in [0.25, 0.3) is 15.6 Å². The van der Waals surface area contributed by atoms with E-state index in [1.54, 1.807) is 19.2 Å². The van der Waals surface area contributed by atoms with Gasteiger partial charge in [0.2, 0.25) is 0 Å². The van der Waals surface area contributed by atoms with Crippen molar-refractivity contribution >= 4 is 33.9 Å².